The normalized spacial score (nSPS) is 14.0. The molecule has 1 aromatic heterocycles. The molecule has 1 N–H and O–H groups in total. The molecule has 0 aliphatic heterocycles. The van der Waals surface area contributed by atoms with Crippen molar-refractivity contribution in [3.05, 3.63) is 40.7 Å². The summed E-state index contributed by atoms with van der Waals surface area (Å²) >= 11 is 7.35. The van der Waals surface area contributed by atoms with Crippen LogP contribution in [0.3, 0.4) is 0 Å². The Hall–Kier alpha value is -1.53. The van der Waals surface area contributed by atoms with Gasteiger partial charge in [-0.1, -0.05) is 35.5 Å². The average Bonchev–Trinajstić information content (AvgIpc) is 3.27. The van der Waals surface area contributed by atoms with E-state index >= 15 is 0 Å². The van der Waals surface area contributed by atoms with E-state index in [1.165, 1.54) is 11.8 Å². The summed E-state index contributed by atoms with van der Waals surface area (Å²) < 4.78 is 2.06. The lowest BCUT2D eigenvalue weighted by atomic mass is 10.1. The molecule has 1 amide bonds. The zero-order valence-electron chi connectivity index (χ0n) is 13.0. The van der Waals surface area contributed by atoms with Crippen LogP contribution in [0.1, 0.15) is 31.2 Å². The molecule has 0 unspecified atom stereocenters. The highest BCUT2D eigenvalue weighted by molar-refractivity contribution is 7.99. The maximum absolute atomic E-state index is 11.8. The molecule has 23 heavy (non-hydrogen) atoms. The molecule has 122 valence electrons. The molecule has 2 aromatic rings. The van der Waals surface area contributed by atoms with Gasteiger partial charge in [0, 0.05) is 24.0 Å². The van der Waals surface area contributed by atoms with Crippen LogP contribution in [-0.4, -0.2) is 32.5 Å². The van der Waals surface area contributed by atoms with Crippen LogP contribution in [-0.2, 0) is 17.8 Å². The molecule has 1 saturated carbocycles. The number of carbonyl (C=O) groups is 1. The highest BCUT2D eigenvalue weighted by Gasteiger charge is 2.23. The fourth-order valence-corrected chi connectivity index (χ4v) is 3.24. The van der Waals surface area contributed by atoms with Gasteiger partial charge in [-0.2, -0.15) is 0 Å². The van der Waals surface area contributed by atoms with Crippen LogP contribution in [0.5, 0.6) is 0 Å². The molecule has 0 radical (unpaired) electrons. The predicted molar refractivity (Wildman–Crippen MR) is 91.8 cm³/mol. The Kier molecular flexibility index (Phi) is 5.23. The molecule has 1 heterocycles. The fraction of sp³-hybridized carbons (Fsp3) is 0.438. The topological polar surface area (TPSA) is 59.8 Å². The Labute approximate surface area is 144 Å². The molecule has 1 fully saturated rings. The van der Waals surface area contributed by atoms with Gasteiger partial charge in [-0.3, -0.25) is 4.79 Å². The van der Waals surface area contributed by atoms with Crippen LogP contribution in [0.15, 0.2) is 29.4 Å². The molecule has 7 heteroatoms. The van der Waals surface area contributed by atoms with E-state index in [0.717, 1.165) is 41.0 Å². The first kappa shape index (κ1) is 16.3. The summed E-state index contributed by atoms with van der Waals surface area (Å²) in [5, 5.41) is 13.0. The third-order valence-corrected chi connectivity index (χ3v) is 4.88. The lowest BCUT2D eigenvalue weighted by Crippen LogP contribution is -2.27. The second-order valence-electron chi connectivity index (χ2n) is 5.58. The number of amides is 1. The van der Waals surface area contributed by atoms with Crippen molar-refractivity contribution in [3.8, 4) is 0 Å². The second-order valence-corrected chi connectivity index (χ2v) is 6.96. The number of halogens is 1. The zero-order valence-corrected chi connectivity index (χ0v) is 14.5. The van der Waals surface area contributed by atoms with Crippen molar-refractivity contribution in [2.24, 2.45) is 0 Å². The van der Waals surface area contributed by atoms with E-state index in [-0.39, 0.29) is 5.91 Å². The van der Waals surface area contributed by atoms with E-state index in [1.54, 1.807) is 0 Å². The number of nitrogens with zero attached hydrogens (tertiary/aromatic N) is 3. The van der Waals surface area contributed by atoms with Gasteiger partial charge in [0.25, 0.3) is 0 Å². The van der Waals surface area contributed by atoms with Crippen molar-refractivity contribution in [1.29, 1.82) is 0 Å². The molecule has 3 rings (SSSR count). The van der Waals surface area contributed by atoms with Gasteiger partial charge in [0.1, 0.15) is 5.82 Å². The van der Waals surface area contributed by atoms with Gasteiger partial charge >= 0.3 is 0 Å². The van der Waals surface area contributed by atoms with E-state index in [2.05, 4.69) is 27.0 Å². The Bertz CT molecular complexity index is 682. The van der Waals surface area contributed by atoms with Gasteiger partial charge in [-0.05, 0) is 37.5 Å². The van der Waals surface area contributed by atoms with Crippen molar-refractivity contribution in [1.82, 2.24) is 20.1 Å². The van der Waals surface area contributed by atoms with Gasteiger partial charge < -0.3 is 9.88 Å². The SMILES string of the molecule is CCn1c(Cc2ccc(Cl)cc2)nnc1SCC(=O)NC1CC1. The Morgan fingerprint density at radius 2 is 2.09 bits per heavy atom. The minimum atomic E-state index is 0.0717. The van der Waals surface area contributed by atoms with E-state index in [1.807, 2.05) is 24.3 Å². The Morgan fingerprint density at radius 3 is 2.74 bits per heavy atom. The number of hydrogen-bond donors (Lipinski definition) is 1. The summed E-state index contributed by atoms with van der Waals surface area (Å²) in [6, 6.07) is 8.13. The number of thioether (sulfide) groups is 1. The monoisotopic (exact) mass is 350 g/mol. The van der Waals surface area contributed by atoms with Crippen LogP contribution < -0.4 is 5.32 Å². The summed E-state index contributed by atoms with van der Waals surface area (Å²) in [4.78, 5) is 11.8. The van der Waals surface area contributed by atoms with Crippen LogP contribution in [0.4, 0.5) is 0 Å². The first-order valence-electron chi connectivity index (χ1n) is 7.74. The number of benzene rings is 1. The third-order valence-electron chi connectivity index (χ3n) is 3.66. The molecule has 1 aliphatic carbocycles. The minimum Gasteiger partial charge on any atom is -0.353 e. The van der Waals surface area contributed by atoms with Crippen LogP contribution in [0.25, 0.3) is 0 Å². The second kappa shape index (κ2) is 7.36. The maximum atomic E-state index is 11.8. The molecule has 0 atom stereocenters. The molecule has 0 saturated heterocycles. The van der Waals surface area contributed by atoms with E-state index < -0.39 is 0 Å². The molecule has 0 bridgehead atoms. The number of hydrogen-bond acceptors (Lipinski definition) is 4. The number of carbonyl (C=O) groups excluding carboxylic acids is 1. The standard InChI is InChI=1S/C16H19ClN4OS/c1-2-21-14(9-11-3-5-12(17)6-4-11)19-20-16(21)23-10-15(22)18-13-7-8-13/h3-6,13H,2,7-10H2,1H3,(H,18,22). The summed E-state index contributed by atoms with van der Waals surface area (Å²) in [6.45, 7) is 2.84. The van der Waals surface area contributed by atoms with Gasteiger partial charge in [0.15, 0.2) is 5.16 Å². The molecule has 1 aliphatic rings. The molecular formula is C16H19ClN4OS. The largest absolute Gasteiger partial charge is 0.353 e. The minimum absolute atomic E-state index is 0.0717. The van der Waals surface area contributed by atoms with Gasteiger partial charge in [0.2, 0.25) is 5.91 Å². The average molecular weight is 351 g/mol. The van der Waals surface area contributed by atoms with Crippen molar-refractivity contribution in [2.75, 3.05) is 5.75 Å². The van der Waals surface area contributed by atoms with Crippen molar-refractivity contribution >= 4 is 29.3 Å². The maximum Gasteiger partial charge on any atom is 0.230 e. The summed E-state index contributed by atoms with van der Waals surface area (Å²) in [6.07, 6.45) is 2.91. The molecule has 0 spiro atoms. The first-order valence-corrected chi connectivity index (χ1v) is 9.10. The van der Waals surface area contributed by atoms with Crippen LogP contribution in [0.2, 0.25) is 5.02 Å². The highest BCUT2D eigenvalue weighted by Crippen LogP contribution is 2.21. The van der Waals surface area contributed by atoms with Gasteiger partial charge in [-0.25, -0.2) is 0 Å². The van der Waals surface area contributed by atoms with Crippen LogP contribution >= 0.6 is 23.4 Å². The number of rotatable bonds is 7. The lowest BCUT2D eigenvalue weighted by molar-refractivity contribution is -0.118. The quantitative estimate of drug-likeness (QED) is 0.780. The number of aromatic nitrogens is 3. The molecule has 5 nitrogen and oxygen atoms in total. The van der Waals surface area contributed by atoms with Crippen molar-refractivity contribution < 1.29 is 4.79 Å². The first-order chi connectivity index (χ1) is 11.2. The molecule has 1 aromatic carbocycles. The van der Waals surface area contributed by atoms with E-state index in [4.69, 9.17) is 11.6 Å². The van der Waals surface area contributed by atoms with Gasteiger partial charge in [-0.15, -0.1) is 10.2 Å². The summed E-state index contributed by atoms with van der Waals surface area (Å²) in [5.74, 6) is 1.36. The zero-order chi connectivity index (χ0) is 16.2. The Balaban J connectivity index is 1.63. The third kappa shape index (κ3) is 4.48. The summed E-state index contributed by atoms with van der Waals surface area (Å²) in [5.41, 5.74) is 1.14. The van der Waals surface area contributed by atoms with Crippen LogP contribution in [0, 0.1) is 0 Å². The van der Waals surface area contributed by atoms with E-state index in [0.29, 0.717) is 18.2 Å². The fourth-order valence-electron chi connectivity index (χ4n) is 2.29. The van der Waals surface area contributed by atoms with Gasteiger partial charge in [0.05, 0.1) is 5.75 Å². The van der Waals surface area contributed by atoms with E-state index in [9.17, 15) is 4.79 Å². The highest BCUT2D eigenvalue weighted by atomic mass is 35.5. The van der Waals surface area contributed by atoms with Crippen molar-refractivity contribution in [2.45, 2.75) is 43.9 Å². The molecular weight excluding hydrogens is 332 g/mol. The summed E-state index contributed by atoms with van der Waals surface area (Å²) in [7, 11) is 0. The van der Waals surface area contributed by atoms with Crippen molar-refractivity contribution in [3.63, 3.8) is 0 Å². The number of nitrogens with one attached hydrogen (secondary N) is 1. The lowest BCUT2D eigenvalue weighted by Gasteiger charge is -2.07. The predicted octanol–water partition coefficient (Wildman–Crippen LogP) is 2.91. The Morgan fingerprint density at radius 1 is 1.35 bits per heavy atom. The smallest absolute Gasteiger partial charge is 0.230 e.